The highest BCUT2D eigenvalue weighted by Crippen LogP contribution is 2.24. The molecule has 2 heterocycles. The largest absolute Gasteiger partial charge is 0.496 e. The molecule has 1 amide bonds. The van der Waals surface area contributed by atoms with Crippen LogP contribution in [0.25, 0.3) is 0 Å². The molecule has 8 nitrogen and oxygen atoms in total. The van der Waals surface area contributed by atoms with Crippen LogP contribution in [0.3, 0.4) is 0 Å². The second-order valence-electron chi connectivity index (χ2n) is 6.55. The smallest absolute Gasteiger partial charge is 0.338 e. The van der Waals surface area contributed by atoms with Crippen LogP contribution >= 0.6 is 0 Å². The van der Waals surface area contributed by atoms with Crippen molar-refractivity contribution in [1.29, 1.82) is 0 Å². The number of likely N-dealkylation sites (tertiary alicyclic amines) is 1. The number of carbonyl (C=O) groups excluding carboxylic acids is 1. The molecule has 1 aliphatic heterocycles. The molecule has 1 aliphatic rings. The molecule has 144 valence electrons. The van der Waals surface area contributed by atoms with Crippen LogP contribution in [0.1, 0.15) is 34.8 Å². The minimum Gasteiger partial charge on any atom is -0.496 e. The Labute approximate surface area is 157 Å². The maximum Gasteiger partial charge on any atom is 0.338 e. The second-order valence-corrected chi connectivity index (χ2v) is 6.55. The minimum absolute atomic E-state index is 0.0125. The zero-order chi connectivity index (χ0) is 19.4. The van der Waals surface area contributed by atoms with Gasteiger partial charge in [0.1, 0.15) is 11.5 Å². The standard InChI is InChI=1S/C19H23N3O5/c1-13-9-16(3-4-17(13)26-2)27-12-18(23)21-7-5-15(6-8-21)22-11-14(10-20-22)19(24)25/h3-4,9-11,15H,5-8,12H2,1-2H3,(H,24,25). The number of aryl methyl sites for hydroxylation is 1. The summed E-state index contributed by atoms with van der Waals surface area (Å²) >= 11 is 0. The molecule has 0 radical (unpaired) electrons. The van der Waals surface area contributed by atoms with Gasteiger partial charge in [0.2, 0.25) is 0 Å². The van der Waals surface area contributed by atoms with E-state index in [1.165, 1.54) is 6.20 Å². The van der Waals surface area contributed by atoms with E-state index in [9.17, 15) is 9.59 Å². The molecule has 0 spiro atoms. The first kappa shape index (κ1) is 18.8. The highest BCUT2D eigenvalue weighted by molar-refractivity contribution is 5.86. The lowest BCUT2D eigenvalue weighted by Gasteiger charge is -2.32. The predicted molar refractivity (Wildman–Crippen MR) is 97.3 cm³/mol. The number of carbonyl (C=O) groups is 2. The number of nitrogens with zero attached hydrogens (tertiary/aromatic N) is 3. The molecule has 1 saturated heterocycles. The lowest BCUT2D eigenvalue weighted by Crippen LogP contribution is -2.41. The van der Waals surface area contributed by atoms with Crippen molar-refractivity contribution >= 4 is 11.9 Å². The molecule has 0 saturated carbocycles. The van der Waals surface area contributed by atoms with Gasteiger partial charge in [-0.25, -0.2) is 4.79 Å². The van der Waals surface area contributed by atoms with Gasteiger partial charge in [0, 0.05) is 19.3 Å². The number of piperidine rings is 1. The zero-order valence-electron chi connectivity index (χ0n) is 15.4. The number of carboxylic acid groups (broad SMARTS) is 1. The van der Waals surface area contributed by atoms with Gasteiger partial charge in [-0.15, -0.1) is 0 Å². The first-order chi connectivity index (χ1) is 13.0. The van der Waals surface area contributed by atoms with Gasteiger partial charge in [-0.2, -0.15) is 5.10 Å². The Morgan fingerprint density at radius 2 is 2.04 bits per heavy atom. The highest BCUT2D eigenvalue weighted by Gasteiger charge is 2.25. The summed E-state index contributed by atoms with van der Waals surface area (Å²) in [5.74, 6) is 0.364. The van der Waals surface area contributed by atoms with Crippen LogP contribution in [-0.4, -0.2) is 58.5 Å². The van der Waals surface area contributed by atoms with Crippen molar-refractivity contribution in [2.75, 3.05) is 26.8 Å². The number of aromatic carboxylic acids is 1. The van der Waals surface area contributed by atoms with Crippen molar-refractivity contribution in [2.45, 2.75) is 25.8 Å². The molecular formula is C19H23N3O5. The minimum atomic E-state index is -0.986. The van der Waals surface area contributed by atoms with E-state index < -0.39 is 5.97 Å². The molecule has 3 rings (SSSR count). The number of rotatable bonds is 6. The molecule has 0 aliphatic carbocycles. The molecule has 0 atom stereocenters. The third kappa shape index (κ3) is 4.39. The lowest BCUT2D eigenvalue weighted by atomic mass is 10.1. The quantitative estimate of drug-likeness (QED) is 0.834. The van der Waals surface area contributed by atoms with Crippen LogP contribution in [0, 0.1) is 6.92 Å². The molecule has 1 aromatic heterocycles. The van der Waals surface area contributed by atoms with Crippen LogP contribution in [0.5, 0.6) is 11.5 Å². The summed E-state index contributed by atoms with van der Waals surface area (Å²) < 4.78 is 12.5. The molecule has 27 heavy (non-hydrogen) atoms. The Morgan fingerprint density at radius 1 is 1.30 bits per heavy atom. The van der Waals surface area contributed by atoms with E-state index in [1.807, 2.05) is 19.1 Å². The van der Waals surface area contributed by atoms with Crippen molar-refractivity contribution in [3.05, 3.63) is 41.7 Å². The first-order valence-electron chi connectivity index (χ1n) is 8.80. The third-order valence-corrected chi connectivity index (χ3v) is 4.77. The van der Waals surface area contributed by atoms with E-state index in [1.54, 1.807) is 29.0 Å². The molecule has 2 aromatic rings. The number of ether oxygens (including phenoxy) is 2. The van der Waals surface area contributed by atoms with Gasteiger partial charge in [0.25, 0.3) is 5.91 Å². The van der Waals surface area contributed by atoms with E-state index in [4.69, 9.17) is 14.6 Å². The van der Waals surface area contributed by atoms with E-state index in [0.29, 0.717) is 18.8 Å². The summed E-state index contributed by atoms with van der Waals surface area (Å²) in [5, 5.41) is 13.1. The van der Waals surface area contributed by atoms with Gasteiger partial charge in [0.05, 0.1) is 24.9 Å². The topological polar surface area (TPSA) is 93.9 Å². The van der Waals surface area contributed by atoms with Crippen molar-refractivity contribution in [3.8, 4) is 11.5 Å². The number of benzene rings is 1. The van der Waals surface area contributed by atoms with Crippen LogP contribution in [0.15, 0.2) is 30.6 Å². The van der Waals surface area contributed by atoms with Gasteiger partial charge in [-0.3, -0.25) is 9.48 Å². The van der Waals surface area contributed by atoms with Crippen molar-refractivity contribution in [3.63, 3.8) is 0 Å². The molecule has 1 fully saturated rings. The molecular weight excluding hydrogens is 350 g/mol. The lowest BCUT2D eigenvalue weighted by molar-refractivity contribution is -0.134. The van der Waals surface area contributed by atoms with E-state index in [2.05, 4.69) is 5.10 Å². The Hall–Kier alpha value is -3.03. The average molecular weight is 373 g/mol. The summed E-state index contributed by atoms with van der Waals surface area (Å²) in [5.41, 5.74) is 1.12. The molecule has 1 aromatic carbocycles. The summed E-state index contributed by atoms with van der Waals surface area (Å²) in [6.07, 6.45) is 4.35. The van der Waals surface area contributed by atoms with Gasteiger partial charge >= 0.3 is 5.97 Å². The molecule has 0 bridgehead atoms. The summed E-state index contributed by atoms with van der Waals surface area (Å²) in [6.45, 7) is 3.10. The zero-order valence-corrected chi connectivity index (χ0v) is 15.4. The monoisotopic (exact) mass is 373 g/mol. The van der Waals surface area contributed by atoms with E-state index in [0.717, 1.165) is 24.2 Å². The predicted octanol–water partition coefficient (Wildman–Crippen LogP) is 2.14. The fourth-order valence-electron chi connectivity index (χ4n) is 3.21. The number of hydrogen-bond acceptors (Lipinski definition) is 5. The highest BCUT2D eigenvalue weighted by atomic mass is 16.5. The summed E-state index contributed by atoms with van der Waals surface area (Å²) in [6, 6.07) is 5.54. The summed E-state index contributed by atoms with van der Waals surface area (Å²) in [4.78, 5) is 25.1. The van der Waals surface area contributed by atoms with Gasteiger partial charge in [-0.1, -0.05) is 0 Å². The maximum atomic E-state index is 12.4. The number of carboxylic acids is 1. The van der Waals surface area contributed by atoms with Crippen molar-refractivity contribution < 1.29 is 24.2 Å². The number of amides is 1. The third-order valence-electron chi connectivity index (χ3n) is 4.77. The Bertz CT molecular complexity index is 825. The second kappa shape index (κ2) is 8.11. The average Bonchev–Trinajstić information content (AvgIpc) is 3.17. The van der Waals surface area contributed by atoms with Gasteiger partial charge in [0.15, 0.2) is 6.61 Å². The van der Waals surface area contributed by atoms with Crippen molar-refractivity contribution in [1.82, 2.24) is 14.7 Å². The van der Waals surface area contributed by atoms with Crippen LogP contribution in [0.2, 0.25) is 0 Å². The maximum absolute atomic E-state index is 12.4. The Balaban J connectivity index is 1.49. The summed E-state index contributed by atoms with van der Waals surface area (Å²) in [7, 11) is 1.61. The fourth-order valence-corrected chi connectivity index (χ4v) is 3.21. The van der Waals surface area contributed by atoms with Gasteiger partial charge < -0.3 is 19.5 Å². The van der Waals surface area contributed by atoms with Crippen LogP contribution in [-0.2, 0) is 4.79 Å². The molecule has 8 heteroatoms. The van der Waals surface area contributed by atoms with E-state index >= 15 is 0 Å². The fraction of sp³-hybridized carbons (Fsp3) is 0.421. The molecule has 0 unspecified atom stereocenters. The number of methoxy groups -OCH3 is 1. The number of aromatic nitrogens is 2. The SMILES string of the molecule is COc1ccc(OCC(=O)N2CCC(n3cc(C(=O)O)cn3)CC2)cc1C. The Kier molecular flexibility index (Phi) is 5.63. The first-order valence-corrected chi connectivity index (χ1v) is 8.80. The molecule has 1 N–H and O–H groups in total. The van der Waals surface area contributed by atoms with E-state index in [-0.39, 0.29) is 24.1 Å². The van der Waals surface area contributed by atoms with Crippen molar-refractivity contribution in [2.24, 2.45) is 0 Å². The Morgan fingerprint density at radius 3 is 2.63 bits per heavy atom. The van der Waals surface area contributed by atoms with Gasteiger partial charge in [-0.05, 0) is 43.5 Å². The normalized spacial score (nSPS) is 14.8. The van der Waals surface area contributed by atoms with Crippen LogP contribution < -0.4 is 9.47 Å². The number of hydrogen-bond donors (Lipinski definition) is 1. The van der Waals surface area contributed by atoms with Crippen LogP contribution in [0.4, 0.5) is 0 Å².